The van der Waals surface area contributed by atoms with Gasteiger partial charge in [0.1, 0.15) is 18.5 Å². The molecule has 1 aromatic heterocycles. The highest BCUT2D eigenvalue weighted by Crippen LogP contribution is 2.44. The van der Waals surface area contributed by atoms with Crippen LogP contribution in [0.3, 0.4) is 0 Å². The molecule has 0 saturated carbocycles. The molecule has 0 bridgehead atoms. The van der Waals surface area contributed by atoms with Crippen LogP contribution in [0.1, 0.15) is 40.9 Å². The number of carboxylic acid groups (broad SMARTS) is 1. The molecule has 0 fully saturated rings. The molecular formula is C26H24N4O5. The maximum atomic E-state index is 12.8. The zero-order chi connectivity index (χ0) is 24.9. The fourth-order valence-corrected chi connectivity index (χ4v) is 4.10. The number of aromatic nitrogens is 2. The van der Waals surface area contributed by atoms with Crippen molar-refractivity contribution in [3.8, 4) is 23.0 Å². The molecule has 9 heteroatoms. The van der Waals surface area contributed by atoms with Crippen molar-refractivity contribution in [2.24, 2.45) is 7.05 Å². The minimum absolute atomic E-state index is 0.0518. The number of ether oxygens (including phenoxy) is 1. The fraction of sp³-hybridized carbons (Fsp3) is 0.231. The highest BCUT2D eigenvalue weighted by molar-refractivity contribution is 5.97. The summed E-state index contributed by atoms with van der Waals surface area (Å²) < 4.78 is 6.77. The number of hydrogen-bond acceptors (Lipinski definition) is 5. The quantitative estimate of drug-likeness (QED) is 0.453. The third kappa shape index (κ3) is 5.01. The van der Waals surface area contributed by atoms with Gasteiger partial charge in [-0.3, -0.25) is 9.48 Å². The highest BCUT2D eigenvalue weighted by Gasteiger charge is 2.30. The molecule has 4 rings (SSSR count). The van der Waals surface area contributed by atoms with Crippen LogP contribution in [0, 0.1) is 11.8 Å². The molecule has 3 N–H and O–H groups in total. The van der Waals surface area contributed by atoms with Crippen LogP contribution in [0.5, 0.6) is 0 Å². The number of carbonyl (C=O) groups is 3. The van der Waals surface area contributed by atoms with Crippen molar-refractivity contribution in [2.45, 2.75) is 25.3 Å². The Hall–Kier alpha value is -4.58. The van der Waals surface area contributed by atoms with E-state index in [1.807, 2.05) is 48.5 Å². The van der Waals surface area contributed by atoms with Crippen LogP contribution in [0.4, 0.5) is 10.6 Å². The summed E-state index contributed by atoms with van der Waals surface area (Å²) in [6.07, 6.45) is -0.697. The maximum Gasteiger partial charge on any atom is 0.407 e. The Kier molecular flexibility index (Phi) is 6.83. The van der Waals surface area contributed by atoms with Crippen molar-refractivity contribution < 1.29 is 24.2 Å². The van der Waals surface area contributed by atoms with E-state index >= 15 is 0 Å². The molecule has 0 saturated heterocycles. The molecule has 1 heterocycles. The lowest BCUT2D eigenvalue weighted by atomic mass is 9.98. The zero-order valence-electron chi connectivity index (χ0n) is 19.2. The molecule has 0 radical (unpaired) electrons. The standard InChI is InChI=1S/C26H24N4O5/c1-3-4-13-21(24(31)28-23-14-22(25(32)33)29-30(23)2)27-26(34)35-15-20-18-11-7-5-9-16(18)17-10-6-8-12-19(17)20/h5-12,14,20-21H,13,15H2,1-2H3,(H,27,34)(H,28,31)(H,32,33). The second-order valence-electron chi connectivity index (χ2n) is 7.99. The summed E-state index contributed by atoms with van der Waals surface area (Å²) in [5.41, 5.74) is 4.18. The van der Waals surface area contributed by atoms with Gasteiger partial charge in [-0.05, 0) is 29.2 Å². The van der Waals surface area contributed by atoms with Crippen molar-refractivity contribution in [1.82, 2.24) is 15.1 Å². The number of carbonyl (C=O) groups excluding carboxylic acids is 2. The first-order chi connectivity index (χ1) is 16.9. The van der Waals surface area contributed by atoms with E-state index in [1.54, 1.807) is 6.92 Å². The first kappa shape index (κ1) is 23.6. The minimum atomic E-state index is -1.22. The average Bonchev–Trinajstić information content (AvgIpc) is 3.38. The lowest BCUT2D eigenvalue weighted by Gasteiger charge is -2.18. The molecule has 1 atom stereocenters. The Morgan fingerprint density at radius 2 is 1.74 bits per heavy atom. The average molecular weight is 473 g/mol. The lowest BCUT2D eigenvalue weighted by molar-refractivity contribution is -0.118. The Morgan fingerprint density at radius 3 is 2.31 bits per heavy atom. The number of carboxylic acids is 1. The number of aromatic carboxylic acids is 1. The largest absolute Gasteiger partial charge is 0.476 e. The second kappa shape index (κ2) is 10.1. The maximum absolute atomic E-state index is 12.8. The Bertz CT molecular complexity index is 1310. The number of nitrogens with zero attached hydrogens (tertiary/aromatic N) is 2. The molecule has 1 unspecified atom stereocenters. The third-order valence-electron chi connectivity index (χ3n) is 5.79. The number of benzene rings is 2. The minimum Gasteiger partial charge on any atom is -0.476 e. The van der Waals surface area contributed by atoms with Crippen molar-refractivity contribution in [3.63, 3.8) is 0 Å². The van der Waals surface area contributed by atoms with Gasteiger partial charge in [0.2, 0.25) is 5.91 Å². The Morgan fingerprint density at radius 1 is 1.11 bits per heavy atom. The van der Waals surface area contributed by atoms with Gasteiger partial charge in [-0.15, -0.1) is 11.8 Å². The number of nitrogens with one attached hydrogen (secondary N) is 2. The molecule has 9 nitrogen and oxygen atoms in total. The monoisotopic (exact) mass is 472 g/mol. The predicted molar refractivity (Wildman–Crippen MR) is 129 cm³/mol. The van der Waals surface area contributed by atoms with Gasteiger partial charge in [0, 0.05) is 25.5 Å². The summed E-state index contributed by atoms with van der Waals surface area (Å²) in [6, 6.07) is 16.2. The smallest absolute Gasteiger partial charge is 0.407 e. The van der Waals surface area contributed by atoms with Crippen LogP contribution in [0.15, 0.2) is 54.6 Å². The normalized spacial score (nSPS) is 12.5. The second-order valence-corrected chi connectivity index (χ2v) is 7.99. The summed E-state index contributed by atoms with van der Waals surface area (Å²) >= 11 is 0. The summed E-state index contributed by atoms with van der Waals surface area (Å²) in [5, 5.41) is 18.1. The van der Waals surface area contributed by atoms with E-state index in [9.17, 15) is 14.4 Å². The number of rotatable bonds is 7. The molecule has 0 aliphatic heterocycles. The highest BCUT2D eigenvalue weighted by atomic mass is 16.5. The van der Waals surface area contributed by atoms with Gasteiger partial charge in [-0.1, -0.05) is 48.5 Å². The zero-order valence-corrected chi connectivity index (χ0v) is 19.2. The van der Waals surface area contributed by atoms with E-state index in [0.29, 0.717) is 0 Å². The topological polar surface area (TPSA) is 123 Å². The van der Waals surface area contributed by atoms with E-state index in [2.05, 4.69) is 27.6 Å². The van der Waals surface area contributed by atoms with Gasteiger partial charge in [0.15, 0.2) is 5.69 Å². The predicted octanol–water partition coefficient (Wildman–Crippen LogP) is 3.38. The van der Waals surface area contributed by atoms with Gasteiger partial charge in [0.25, 0.3) is 0 Å². The van der Waals surface area contributed by atoms with Crippen LogP contribution >= 0.6 is 0 Å². The Labute approximate surface area is 202 Å². The molecule has 3 aromatic rings. The van der Waals surface area contributed by atoms with Crippen molar-refractivity contribution in [2.75, 3.05) is 11.9 Å². The van der Waals surface area contributed by atoms with Crippen molar-refractivity contribution in [1.29, 1.82) is 0 Å². The fourth-order valence-electron chi connectivity index (χ4n) is 4.10. The van der Waals surface area contributed by atoms with Gasteiger partial charge < -0.3 is 20.5 Å². The third-order valence-corrected chi connectivity index (χ3v) is 5.79. The first-order valence-electron chi connectivity index (χ1n) is 11.0. The van der Waals surface area contributed by atoms with E-state index in [4.69, 9.17) is 9.84 Å². The van der Waals surface area contributed by atoms with Gasteiger partial charge in [-0.2, -0.15) is 5.10 Å². The summed E-state index contributed by atoms with van der Waals surface area (Å²) in [7, 11) is 1.50. The molecule has 2 amide bonds. The van der Waals surface area contributed by atoms with E-state index in [-0.39, 0.29) is 30.5 Å². The lowest BCUT2D eigenvalue weighted by Crippen LogP contribution is -2.44. The molecular weight excluding hydrogens is 448 g/mol. The number of fused-ring (bicyclic) bond motifs is 3. The summed E-state index contributed by atoms with van der Waals surface area (Å²) in [6.45, 7) is 1.74. The van der Waals surface area contributed by atoms with Crippen LogP contribution in [-0.4, -0.2) is 45.5 Å². The van der Waals surface area contributed by atoms with E-state index < -0.39 is 24.0 Å². The summed E-state index contributed by atoms with van der Waals surface area (Å²) in [4.78, 5) is 36.6. The number of anilines is 1. The van der Waals surface area contributed by atoms with E-state index in [1.165, 1.54) is 17.8 Å². The van der Waals surface area contributed by atoms with Crippen LogP contribution < -0.4 is 10.6 Å². The molecule has 1 aliphatic rings. The van der Waals surface area contributed by atoms with Gasteiger partial charge >= 0.3 is 12.1 Å². The van der Waals surface area contributed by atoms with Crippen LogP contribution in [0.2, 0.25) is 0 Å². The Balaban J connectivity index is 1.43. The van der Waals surface area contributed by atoms with Gasteiger partial charge in [-0.25, -0.2) is 9.59 Å². The van der Waals surface area contributed by atoms with Crippen molar-refractivity contribution in [3.05, 3.63) is 71.4 Å². The molecule has 1 aliphatic carbocycles. The summed E-state index contributed by atoms with van der Waals surface area (Å²) in [5.74, 6) is 3.77. The molecule has 0 spiro atoms. The van der Waals surface area contributed by atoms with Crippen LogP contribution in [0.25, 0.3) is 11.1 Å². The molecule has 35 heavy (non-hydrogen) atoms. The van der Waals surface area contributed by atoms with Gasteiger partial charge in [0.05, 0.1) is 0 Å². The molecule has 2 aromatic carbocycles. The SMILES string of the molecule is CC#CCC(NC(=O)OCC1c2ccccc2-c2ccccc21)C(=O)Nc1cc(C(=O)O)nn1C. The first-order valence-corrected chi connectivity index (χ1v) is 11.0. The number of amides is 2. The molecule has 178 valence electrons. The number of alkyl carbamates (subject to hydrolysis) is 1. The van der Waals surface area contributed by atoms with Crippen molar-refractivity contribution >= 4 is 23.8 Å². The van der Waals surface area contributed by atoms with E-state index in [0.717, 1.165) is 22.3 Å². The number of hydrogen-bond donors (Lipinski definition) is 3. The number of aryl methyl sites for hydroxylation is 1. The van der Waals surface area contributed by atoms with Crippen LogP contribution in [-0.2, 0) is 16.6 Å².